The van der Waals surface area contributed by atoms with E-state index in [9.17, 15) is 9.59 Å². The second kappa shape index (κ2) is 12.0. The number of nitrogens with one attached hydrogen (secondary N) is 1. The molecule has 2 rings (SSSR count). The molecule has 0 unspecified atom stereocenters. The zero-order valence-electron chi connectivity index (χ0n) is 18.6. The normalized spacial score (nSPS) is 11.6. The third-order valence-corrected chi connectivity index (χ3v) is 5.26. The highest BCUT2D eigenvalue weighted by molar-refractivity contribution is 5.88. The number of benzene rings is 2. The first-order chi connectivity index (χ1) is 14.5. The summed E-state index contributed by atoms with van der Waals surface area (Å²) in [4.78, 5) is 27.5. The van der Waals surface area contributed by atoms with Gasteiger partial charge in [-0.1, -0.05) is 50.2 Å². The average molecular weight is 411 g/mol. The van der Waals surface area contributed by atoms with Gasteiger partial charge in [0.05, 0.1) is 0 Å². The molecule has 0 aliphatic rings. The molecule has 0 heterocycles. The molecule has 2 aromatic rings. The molecule has 2 aromatic carbocycles. The van der Waals surface area contributed by atoms with Gasteiger partial charge >= 0.3 is 0 Å². The van der Waals surface area contributed by atoms with Crippen LogP contribution in [0, 0.1) is 13.8 Å². The number of ether oxygens (including phenoxy) is 1. The quantitative estimate of drug-likeness (QED) is 0.608. The summed E-state index contributed by atoms with van der Waals surface area (Å²) in [6.07, 6.45) is 2.10. The van der Waals surface area contributed by atoms with Crippen molar-refractivity contribution < 1.29 is 14.3 Å². The van der Waals surface area contributed by atoms with Crippen molar-refractivity contribution in [1.29, 1.82) is 0 Å². The second-order valence-corrected chi connectivity index (χ2v) is 7.57. The Bertz CT molecular complexity index is 820. The molecule has 0 spiro atoms. The van der Waals surface area contributed by atoms with Gasteiger partial charge in [-0.15, -0.1) is 0 Å². The van der Waals surface area contributed by atoms with Crippen LogP contribution in [0.25, 0.3) is 0 Å². The van der Waals surface area contributed by atoms with Gasteiger partial charge in [0.2, 0.25) is 5.91 Å². The van der Waals surface area contributed by atoms with Crippen molar-refractivity contribution in [3.8, 4) is 5.75 Å². The number of carbonyl (C=O) groups is 2. The molecule has 0 aliphatic heterocycles. The van der Waals surface area contributed by atoms with Crippen LogP contribution in [0.5, 0.6) is 5.75 Å². The minimum Gasteiger partial charge on any atom is -0.484 e. The van der Waals surface area contributed by atoms with E-state index in [2.05, 4.69) is 5.32 Å². The van der Waals surface area contributed by atoms with Crippen LogP contribution in [0.4, 0.5) is 0 Å². The molecule has 0 fully saturated rings. The number of aryl methyl sites for hydroxylation is 2. The Hall–Kier alpha value is -2.82. The van der Waals surface area contributed by atoms with E-state index in [1.807, 2.05) is 76.2 Å². The third kappa shape index (κ3) is 6.90. The van der Waals surface area contributed by atoms with Gasteiger partial charge in [-0.2, -0.15) is 0 Å². The highest BCUT2D eigenvalue weighted by Crippen LogP contribution is 2.17. The average Bonchev–Trinajstić information content (AvgIpc) is 2.76. The van der Waals surface area contributed by atoms with E-state index in [1.54, 1.807) is 4.90 Å². The first-order valence-electron chi connectivity index (χ1n) is 10.8. The number of hydrogen-bond acceptors (Lipinski definition) is 3. The summed E-state index contributed by atoms with van der Waals surface area (Å²) in [6, 6.07) is 15.3. The van der Waals surface area contributed by atoms with Crippen molar-refractivity contribution in [2.75, 3.05) is 19.7 Å². The predicted octanol–water partition coefficient (Wildman–Crippen LogP) is 4.06. The maximum absolute atomic E-state index is 13.1. The lowest BCUT2D eigenvalue weighted by Gasteiger charge is -2.30. The Morgan fingerprint density at radius 2 is 1.77 bits per heavy atom. The van der Waals surface area contributed by atoms with Crippen molar-refractivity contribution in [2.24, 2.45) is 0 Å². The van der Waals surface area contributed by atoms with E-state index in [0.29, 0.717) is 31.7 Å². The van der Waals surface area contributed by atoms with E-state index >= 15 is 0 Å². The topological polar surface area (TPSA) is 58.6 Å². The summed E-state index contributed by atoms with van der Waals surface area (Å²) in [6.45, 7) is 8.99. The number of hydrogen-bond donors (Lipinski definition) is 1. The minimum absolute atomic E-state index is 0.0884. The zero-order valence-corrected chi connectivity index (χ0v) is 18.6. The van der Waals surface area contributed by atoms with Crippen LogP contribution in [0.1, 0.15) is 43.4 Å². The molecule has 0 aliphatic carbocycles. The van der Waals surface area contributed by atoms with Crippen LogP contribution in [-0.4, -0.2) is 42.5 Å². The fourth-order valence-electron chi connectivity index (χ4n) is 3.29. The van der Waals surface area contributed by atoms with Gasteiger partial charge in [0.15, 0.2) is 6.61 Å². The van der Waals surface area contributed by atoms with Gasteiger partial charge < -0.3 is 15.0 Å². The van der Waals surface area contributed by atoms with Gasteiger partial charge in [-0.05, 0) is 61.9 Å². The van der Waals surface area contributed by atoms with Crippen molar-refractivity contribution in [2.45, 2.75) is 53.0 Å². The Balaban J connectivity index is 2.11. The van der Waals surface area contributed by atoms with E-state index < -0.39 is 6.04 Å². The lowest BCUT2D eigenvalue weighted by atomic mass is 10.1. The number of rotatable bonds is 11. The molecule has 162 valence electrons. The van der Waals surface area contributed by atoms with E-state index in [1.165, 1.54) is 5.56 Å². The SMILES string of the molecule is CCCNC(=O)[C@H](CC)N(CCc1ccccc1)C(=O)COc1ccc(C)c(C)c1. The molecule has 0 saturated carbocycles. The first-order valence-corrected chi connectivity index (χ1v) is 10.8. The van der Waals surface area contributed by atoms with Gasteiger partial charge in [0.25, 0.3) is 5.91 Å². The van der Waals surface area contributed by atoms with Gasteiger partial charge in [-0.3, -0.25) is 9.59 Å². The lowest BCUT2D eigenvalue weighted by Crippen LogP contribution is -2.51. The van der Waals surface area contributed by atoms with Crippen LogP contribution in [-0.2, 0) is 16.0 Å². The largest absolute Gasteiger partial charge is 0.484 e. The maximum atomic E-state index is 13.1. The Labute approximate surface area is 180 Å². The molecule has 0 aromatic heterocycles. The summed E-state index contributed by atoms with van der Waals surface area (Å²) >= 11 is 0. The maximum Gasteiger partial charge on any atom is 0.261 e. The molecular weight excluding hydrogens is 376 g/mol. The molecule has 0 radical (unpaired) electrons. The van der Waals surface area contributed by atoms with Crippen molar-refractivity contribution >= 4 is 11.8 Å². The van der Waals surface area contributed by atoms with E-state index in [4.69, 9.17) is 4.74 Å². The monoisotopic (exact) mass is 410 g/mol. The van der Waals surface area contributed by atoms with Crippen molar-refractivity contribution in [1.82, 2.24) is 10.2 Å². The number of nitrogens with zero attached hydrogens (tertiary/aromatic N) is 1. The van der Waals surface area contributed by atoms with Gasteiger partial charge in [0.1, 0.15) is 11.8 Å². The number of amides is 2. The zero-order chi connectivity index (χ0) is 21.9. The molecule has 30 heavy (non-hydrogen) atoms. The first kappa shape index (κ1) is 23.5. The van der Waals surface area contributed by atoms with E-state index in [-0.39, 0.29) is 18.4 Å². The Kier molecular flexibility index (Phi) is 9.39. The van der Waals surface area contributed by atoms with Gasteiger partial charge in [0, 0.05) is 13.1 Å². The smallest absolute Gasteiger partial charge is 0.261 e. The summed E-state index contributed by atoms with van der Waals surface area (Å²) in [5, 5.41) is 2.93. The fourth-order valence-corrected chi connectivity index (χ4v) is 3.29. The molecule has 5 heteroatoms. The minimum atomic E-state index is -0.504. The summed E-state index contributed by atoms with van der Waals surface area (Å²) < 4.78 is 5.77. The summed E-state index contributed by atoms with van der Waals surface area (Å²) in [7, 11) is 0. The van der Waals surface area contributed by atoms with Crippen LogP contribution in [0.3, 0.4) is 0 Å². The van der Waals surface area contributed by atoms with Crippen molar-refractivity contribution in [3.63, 3.8) is 0 Å². The molecule has 1 atom stereocenters. The predicted molar refractivity (Wildman–Crippen MR) is 121 cm³/mol. The molecular formula is C25H34N2O3. The van der Waals surface area contributed by atoms with Gasteiger partial charge in [-0.25, -0.2) is 0 Å². The Morgan fingerprint density at radius 3 is 2.40 bits per heavy atom. The highest BCUT2D eigenvalue weighted by atomic mass is 16.5. The molecule has 2 amide bonds. The van der Waals surface area contributed by atoms with Crippen LogP contribution >= 0.6 is 0 Å². The molecule has 5 nitrogen and oxygen atoms in total. The fraction of sp³-hybridized carbons (Fsp3) is 0.440. The highest BCUT2D eigenvalue weighted by Gasteiger charge is 2.28. The summed E-state index contributed by atoms with van der Waals surface area (Å²) in [5.74, 6) is 0.382. The van der Waals surface area contributed by atoms with Crippen LogP contribution < -0.4 is 10.1 Å². The van der Waals surface area contributed by atoms with Crippen molar-refractivity contribution in [3.05, 3.63) is 65.2 Å². The third-order valence-electron chi connectivity index (χ3n) is 5.26. The molecule has 0 saturated heterocycles. The molecule has 1 N–H and O–H groups in total. The van der Waals surface area contributed by atoms with Crippen LogP contribution in [0.2, 0.25) is 0 Å². The lowest BCUT2D eigenvalue weighted by molar-refractivity contribution is -0.142. The standard InChI is InChI=1S/C25H34N2O3/c1-5-15-26-25(29)23(6-2)27(16-14-21-10-8-7-9-11-21)24(28)18-30-22-13-12-19(3)20(4)17-22/h7-13,17,23H,5-6,14-16,18H2,1-4H3,(H,26,29)/t23-/m0/s1. The molecule has 0 bridgehead atoms. The summed E-state index contributed by atoms with van der Waals surface area (Å²) in [5.41, 5.74) is 3.43. The van der Waals surface area contributed by atoms with Crippen LogP contribution in [0.15, 0.2) is 48.5 Å². The number of carbonyl (C=O) groups excluding carboxylic acids is 2. The Morgan fingerprint density at radius 1 is 1.03 bits per heavy atom. The second-order valence-electron chi connectivity index (χ2n) is 7.57. The van der Waals surface area contributed by atoms with E-state index in [0.717, 1.165) is 17.5 Å².